The highest BCUT2D eigenvalue weighted by Crippen LogP contribution is 2.37. The molecule has 0 atom stereocenters. The van der Waals surface area contributed by atoms with Crippen molar-refractivity contribution >= 4 is 52.1 Å². The third kappa shape index (κ3) is 9.63. The maximum Gasteiger partial charge on any atom is 0.213 e. The highest BCUT2D eigenvalue weighted by molar-refractivity contribution is 6.55. The van der Waals surface area contributed by atoms with Gasteiger partial charge < -0.3 is 19.0 Å². The molecular weight excluding hydrogens is 558 g/mol. The fourth-order valence-electron chi connectivity index (χ4n) is 3.12. The van der Waals surface area contributed by atoms with Crippen molar-refractivity contribution in [2.24, 2.45) is 5.16 Å². The van der Waals surface area contributed by atoms with E-state index in [1.54, 1.807) is 18.3 Å². The van der Waals surface area contributed by atoms with Gasteiger partial charge in [-0.15, -0.1) is 0 Å². The van der Waals surface area contributed by atoms with Crippen LogP contribution in [0.3, 0.4) is 0 Å². The third-order valence-electron chi connectivity index (χ3n) is 4.84. The summed E-state index contributed by atoms with van der Waals surface area (Å²) in [6, 6.07) is 16.8. The Bertz CT molecular complexity index is 1160. The van der Waals surface area contributed by atoms with E-state index in [4.69, 9.17) is 65.5 Å². The van der Waals surface area contributed by atoms with Crippen molar-refractivity contribution < 1.29 is 19.0 Å². The van der Waals surface area contributed by atoms with Gasteiger partial charge >= 0.3 is 0 Å². The molecular formula is C27H26Cl4N2O4. The van der Waals surface area contributed by atoms with Gasteiger partial charge in [0.25, 0.3) is 0 Å². The number of ether oxygens (including phenoxy) is 3. The van der Waals surface area contributed by atoms with Gasteiger partial charge in [0.2, 0.25) is 5.88 Å². The van der Waals surface area contributed by atoms with Gasteiger partial charge in [-0.25, -0.2) is 4.98 Å². The Morgan fingerprint density at radius 3 is 2.22 bits per heavy atom. The second kappa shape index (κ2) is 15.6. The summed E-state index contributed by atoms with van der Waals surface area (Å²) in [5.74, 6) is 1.42. The van der Waals surface area contributed by atoms with Crippen LogP contribution in [0, 0.1) is 0 Å². The van der Waals surface area contributed by atoms with Gasteiger partial charge in [0, 0.05) is 35.5 Å². The van der Waals surface area contributed by atoms with Crippen molar-refractivity contribution in [2.75, 3.05) is 26.4 Å². The van der Waals surface area contributed by atoms with Crippen LogP contribution in [0.4, 0.5) is 0 Å². The second-order valence-electron chi connectivity index (χ2n) is 7.53. The van der Waals surface area contributed by atoms with Crippen LogP contribution in [-0.4, -0.2) is 37.1 Å². The van der Waals surface area contributed by atoms with Gasteiger partial charge in [-0.1, -0.05) is 81.9 Å². The van der Waals surface area contributed by atoms with Gasteiger partial charge in [-0.2, -0.15) is 0 Å². The van der Waals surface area contributed by atoms with Gasteiger partial charge in [0.1, 0.15) is 29.2 Å². The summed E-state index contributed by atoms with van der Waals surface area (Å²) in [5.41, 5.74) is 2.50. The summed E-state index contributed by atoms with van der Waals surface area (Å²) in [6.45, 7) is 3.48. The smallest absolute Gasteiger partial charge is 0.213 e. The number of hydrogen-bond donors (Lipinski definition) is 0. The van der Waals surface area contributed by atoms with E-state index in [1.807, 2.05) is 49.4 Å². The molecule has 0 saturated carbocycles. The average molecular weight is 584 g/mol. The van der Waals surface area contributed by atoms with Crippen LogP contribution in [-0.2, 0) is 4.84 Å². The van der Waals surface area contributed by atoms with Crippen LogP contribution in [0.25, 0.3) is 0 Å². The molecule has 0 unspecified atom stereocenters. The summed E-state index contributed by atoms with van der Waals surface area (Å²) in [5, 5.41) is 4.96. The molecule has 196 valence electrons. The minimum Gasteiger partial charge on any atom is -0.490 e. The van der Waals surface area contributed by atoms with Crippen LogP contribution < -0.4 is 14.2 Å². The number of rotatable bonds is 14. The van der Waals surface area contributed by atoms with E-state index >= 15 is 0 Å². The van der Waals surface area contributed by atoms with Gasteiger partial charge in [-0.05, 0) is 31.9 Å². The maximum atomic E-state index is 6.29. The Balaban J connectivity index is 1.44. The number of benzene rings is 2. The quantitative estimate of drug-likeness (QED) is 0.109. The molecule has 0 aliphatic heterocycles. The molecule has 0 aliphatic rings. The van der Waals surface area contributed by atoms with E-state index in [9.17, 15) is 0 Å². The highest BCUT2D eigenvalue weighted by Gasteiger charge is 2.11. The number of unbranched alkanes of at least 4 members (excludes halogenated alkanes) is 1. The monoisotopic (exact) mass is 582 g/mol. The Hall–Kier alpha value is -2.64. The van der Waals surface area contributed by atoms with Crippen LogP contribution in [0.1, 0.15) is 30.9 Å². The number of hydrogen-bond acceptors (Lipinski definition) is 6. The minimum atomic E-state index is 0.123. The molecule has 0 saturated heterocycles. The van der Waals surface area contributed by atoms with Crippen molar-refractivity contribution in [3.63, 3.8) is 0 Å². The lowest BCUT2D eigenvalue weighted by Crippen LogP contribution is -2.07. The molecule has 0 fully saturated rings. The van der Waals surface area contributed by atoms with Crippen molar-refractivity contribution in [3.8, 4) is 17.4 Å². The lowest BCUT2D eigenvalue weighted by atomic mass is 10.0. The second-order valence-corrected chi connectivity index (χ2v) is 9.36. The minimum absolute atomic E-state index is 0.123. The largest absolute Gasteiger partial charge is 0.490 e. The van der Waals surface area contributed by atoms with Gasteiger partial charge in [-0.3, -0.25) is 0 Å². The number of aromatic nitrogens is 1. The Morgan fingerprint density at radius 1 is 0.892 bits per heavy atom. The molecule has 3 aromatic rings. The molecule has 0 radical (unpaired) electrons. The predicted molar refractivity (Wildman–Crippen MR) is 150 cm³/mol. The predicted octanol–water partition coefficient (Wildman–Crippen LogP) is 8.11. The first-order valence-corrected chi connectivity index (χ1v) is 13.1. The first-order valence-electron chi connectivity index (χ1n) is 11.6. The van der Waals surface area contributed by atoms with E-state index in [0.717, 1.165) is 24.0 Å². The lowest BCUT2D eigenvalue weighted by Gasteiger charge is -2.12. The molecule has 37 heavy (non-hydrogen) atoms. The van der Waals surface area contributed by atoms with E-state index in [0.29, 0.717) is 53.0 Å². The third-order valence-corrected chi connectivity index (χ3v) is 5.71. The molecule has 1 heterocycles. The summed E-state index contributed by atoms with van der Waals surface area (Å²) < 4.78 is 17.1. The van der Waals surface area contributed by atoms with Crippen molar-refractivity contribution in [1.82, 2.24) is 4.98 Å². The topological polar surface area (TPSA) is 62.2 Å². The average Bonchev–Trinajstić information content (AvgIpc) is 2.89. The fourth-order valence-corrected chi connectivity index (χ4v) is 3.82. The molecule has 0 amide bonds. The van der Waals surface area contributed by atoms with E-state index in [1.165, 1.54) is 6.08 Å². The first-order chi connectivity index (χ1) is 18.0. The lowest BCUT2D eigenvalue weighted by molar-refractivity contribution is 0.159. The molecule has 0 spiro atoms. The van der Waals surface area contributed by atoms with E-state index < -0.39 is 0 Å². The summed E-state index contributed by atoms with van der Waals surface area (Å²) >= 11 is 23.7. The molecule has 0 bridgehead atoms. The first kappa shape index (κ1) is 28.9. The SMILES string of the molecule is CCON=C(c1ccccc1)c1ccc(OCCCCOc2c(Cl)cc(OCC=C(Cl)Cl)cc2Cl)nc1. The number of pyridine rings is 1. The van der Waals surface area contributed by atoms with E-state index in [2.05, 4.69) is 10.1 Å². The Kier molecular flexibility index (Phi) is 12.2. The van der Waals surface area contributed by atoms with Crippen LogP contribution >= 0.6 is 46.4 Å². The zero-order valence-corrected chi connectivity index (χ0v) is 23.2. The standard InChI is InChI=1S/C27H26Cl4N2O4/c1-2-37-33-26(19-8-4-3-5-9-19)20-10-11-25(32-18-20)35-13-6-7-14-36-27-22(28)16-21(17-23(27)29)34-15-12-24(30)31/h3-5,8-12,16-18H,2,6-7,13-15H2,1H3. The van der Waals surface area contributed by atoms with Crippen molar-refractivity contribution in [2.45, 2.75) is 19.8 Å². The molecule has 0 N–H and O–H groups in total. The Morgan fingerprint density at radius 2 is 1.59 bits per heavy atom. The Labute approximate surface area is 236 Å². The molecule has 10 heteroatoms. The number of nitrogens with zero attached hydrogens (tertiary/aromatic N) is 2. The van der Waals surface area contributed by atoms with Crippen LogP contribution in [0.2, 0.25) is 10.0 Å². The maximum absolute atomic E-state index is 6.29. The fraction of sp³-hybridized carbons (Fsp3) is 0.259. The van der Waals surface area contributed by atoms with Crippen molar-refractivity contribution in [1.29, 1.82) is 0 Å². The van der Waals surface area contributed by atoms with Crippen molar-refractivity contribution in [3.05, 3.63) is 92.5 Å². The molecule has 3 rings (SSSR count). The molecule has 2 aromatic carbocycles. The van der Waals surface area contributed by atoms with Crippen LogP contribution in [0.15, 0.2) is 76.5 Å². The highest BCUT2D eigenvalue weighted by atomic mass is 35.5. The number of halogens is 4. The molecule has 6 nitrogen and oxygen atoms in total. The summed E-state index contributed by atoms with van der Waals surface area (Å²) in [7, 11) is 0. The zero-order valence-electron chi connectivity index (χ0n) is 20.1. The normalized spacial score (nSPS) is 11.1. The van der Waals surface area contributed by atoms with Crippen LogP contribution in [0.5, 0.6) is 17.4 Å². The van der Waals surface area contributed by atoms with E-state index in [-0.39, 0.29) is 11.1 Å². The van der Waals surface area contributed by atoms with Gasteiger partial charge in [0.05, 0.1) is 23.3 Å². The zero-order chi connectivity index (χ0) is 26.5. The summed E-state index contributed by atoms with van der Waals surface area (Å²) in [6.07, 6.45) is 4.73. The summed E-state index contributed by atoms with van der Waals surface area (Å²) in [4.78, 5) is 9.70. The number of oxime groups is 1. The van der Waals surface area contributed by atoms with Gasteiger partial charge in [0.15, 0.2) is 5.75 Å². The molecule has 0 aliphatic carbocycles. The molecule has 1 aromatic heterocycles.